The molecular formula is C58H42O18. The third-order valence-corrected chi connectivity index (χ3v) is 12.8. The zero-order valence-electron chi connectivity index (χ0n) is 42.0. The van der Waals surface area contributed by atoms with Crippen molar-refractivity contribution in [3.8, 4) is 0 Å². The fourth-order valence-electron chi connectivity index (χ4n) is 8.91. The van der Waals surface area contributed by atoms with Gasteiger partial charge in [0.1, 0.15) is 0 Å². The molecule has 0 amide bonds. The molecule has 0 radical (unpaired) electrons. The molecule has 0 saturated heterocycles. The Morgan fingerprint density at radius 3 is 0.697 bits per heavy atom. The van der Waals surface area contributed by atoms with Gasteiger partial charge in [-0.15, -0.1) is 0 Å². The van der Waals surface area contributed by atoms with Crippen molar-refractivity contribution < 1.29 is 86.0 Å². The molecule has 18 heteroatoms. The monoisotopic (exact) mass is 1030 g/mol. The molecule has 18 nitrogen and oxygen atoms in total. The third kappa shape index (κ3) is 9.19. The molecule has 1 aromatic carbocycles. The van der Waals surface area contributed by atoms with Gasteiger partial charge in [0.05, 0.1) is 44.6 Å². The van der Waals surface area contributed by atoms with Crippen molar-refractivity contribution in [3.63, 3.8) is 0 Å². The lowest BCUT2D eigenvalue weighted by atomic mass is 9.72. The summed E-state index contributed by atoms with van der Waals surface area (Å²) in [5.74, 6) is -12.5. The van der Waals surface area contributed by atoms with Crippen molar-refractivity contribution in [1.82, 2.24) is 0 Å². The Hall–Kier alpha value is -10.1. The Bertz CT molecular complexity index is 3410. The standard InChI is InChI=1S/C58H42O18/c1-13-31(21-37-29(11)49(61)73-55(37)67)45-43(23(5)17-35-27(9)47(59)71-53(35)65)41(25(7)19-39-33(15-3)51(63)75-57(39)69)42(26(8)20-40-34(16-4)52(64)76-58(40)70)44(24(6)18-36-28(10)48(60)72-54(36)66)46(45)32(14-2)22-38-30(12)50(62)74-56(38)68/h13-22H,1-4H2,5-12H3/b23-17+,24-18+,25-19+,26-20+,31-21+,32-22+. The number of carbonyl (C=O) groups excluding carboxylic acids is 12. The molecule has 0 saturated carbocycles. The van der Waals surface area contributed by atoms with E-state index in [2.05, 4.69) is 26.3 Å². The van der Waals surface area contributed by atoms with E-state index < -0.39 is 71.6 Å². The topological polar surface area (TPSA) is 260 Å². The molecule has 0 atom stereocenters. The number of rotatable bonds is 16. The highest BCUT2D eigenvalue weighted by atomic mass is 16.6. The summed E-state index contributed by atoms with van der Waals surface area (Å²) in [6.45, 7) is 26.8. The fourth-order valence-corrected chi connectivity index (χ4v) is 8.91. The second-order valence-corrected chi connectivity index (χ2v) is 17.4. The van der Waals surface area contributed by atoms with E-state index in [1.165, 1.54) is 104 Å². The molecule has 6 aliphatic rings. The minimum Gasteiger partial charge on any atom is -0.386 e. The summed E-state index contributed by atoms with van der Waals surface area (Å²) in [7, 11) is 0. The number of cyclic esters (lactones) is 12. The Labute approximate surface area is 432 Å². The fraction of sp³-hybridized carbons (Fsp3) is 0.138. The van der Waals surface area contributed by atoms with E-state index >= 15 is 0 Å². The molecule has 6 aliphatic heterocycles. The first-order chi connectivity index (χ1) is 35.8. The summed E-state index contributed by atoms with van der Waals surface area (Å²) >= 11 is 0. The van der Waals surface area contributed by atoms with Crippen LogP contribution in [-0.2, 0) is 86.0 Å². The number of ether oxygens (including phenoxy) is 6. The van der Waals surface area contributed by atoms with E-state index in [0.717, 1.165) is 12.2 Å². The van der Waals surface area contributed by atoms with E-state index in [0.29, 0.717) is 0 Å². The minimum absolute atomic E-state index is 0.00779. The van der Waals surface area contributed by atoms with Gasteiger partial charge in [-0.2, -0.15) is 0 Å². The van der Waals surface area contributed by atoms with Crippen molar-refractivity contribution in [2.24, 2.45) is 0 Å². The maximum absolute atomic E-state index is 13.6. The van der Waals surface area contributed by atoms with Gasteiger partial charge in [-0.25, -0.2) is 57.5 Å². The van der Waals surface area contributed by atoms with Crippen LogP contribution in [0.1, 0.15) is 88.8 Å². The molecule has 0 aliphatic carbocycles. The van der Waals surface area contributed by atoms with Gasteiger partial charge in [-0.3, -0.25) is 0 Å². The predicted molar refractivity (Wildman–Crippen MR) is 269 cm³/mol. The van der Waals surface area contributed by atoms with Crippen molar-refractivity contribution in [1.29, 1.82) is 0 Å². The van der Waals surface area contributed by atoms with Crippen LogP contribution in [0.5, 0.6) is 0 Å². The van der Waals surface area contributed by atoms with Crippen LogP contribution >= 0.6 is 0 Å². The number of hydrogen-bond acceptors (Lipinski definition) is 18. The second-order valence-electron chi connectivity index (χ2n) is 17.4. The van der Waals surface area contributed by atoms with Crippen LogP contribution in [0.15, 0.2) is 154 Å². The molecule has 0 unspecified atom stereocenters. The first kappa shape index (κ1) is 53.7. The maximum atomic E-state index is 13.6. The van der Waals surface area contributed by atoms with Gasteiger partial charge in [0.25, 0.3) is 0 Å². The molecule has 7 rings (SSSR count). The number of allylic oxidation sites excluding steroid dienone is 8. The van der Waals surface area contributed by atoms with Crippen LogP contribution in [0.3, 0.4) is 0 Å². The van der Waals surface area contributed by atoms with E-state index in [-0.39, 0.29) is 134 Å². The summed E-state index contributed by atoms with van der Waals surface area (Å²) in [6.07, 6.45) is 12.4. The van der Waals surface area contributed by atoms with Gasteiger partial charge in [-0.05, 0) is 159 Å². The molecular weight excluding hydrogens is 985 g/mol. The summed E-state index contributed by atoms with van der Waals surface area (Å²) < 4.78 is 29.8. The second kappa shape index (κ2) is 20.4. The van der Waals surface area contributed by atoms with E-state index in [4.69, 9.17) is 28.4 Å². The smallest absolute Gasteiger partial charge is 0.346 e. The van der Waals surface area contributed by atoms with E-state index in [1.54, 1.807) is 0 Å². The summed E-state index contributed by atoms with van der Waals surface area (Å²) in [5.41, 5.74) is -2.47. The van der Waals surface area contributed by atoms with E-state index in [9.17, 15) is 57.5 Å². The van der Waals surface area contributed by atoms with Crippen molar-refractivity contribution in [2.45, 2.75) is 55.4 Å². The van der Waals surface area contributed by atoms with Gasteiger partial charge < -0.3 is 28.4 Å². The highest BCUT2D eigenvalue weighted by Gasteiger charge is 2.38. The lowest BCUT2D eigenvalue weighted by Gasteiger charge is -2.30. The Morgan fingerprint density at radius 2 is 0.474 bits per heavy atom. The SMILES string of the molecule is C=CC1=C(/C=C(\C)c2c(/C(C)=C/C3=C(C=C)C(=O)OC3=O)c(/C(C)=C/C3=C(C)C(=O)OC3=O)c(/C(C=C)=C/C3=C(C)C(=O)OC3=O)c(/C(C=C)=C/C3=C(C)C(=O)OC3=O)c2/C(C)=C/C2=C(C)C(=O)OC2=O)C(=O)OC1=O. The van der Waals surface area contributed by atoms with Crippen LogP contribution in [0.2, 0.25) is 0 Å². The van der Waals surface area contributed by atoms with Gasteiger partial charge in [0.2, 0.25) is 0 Å². The number of hydrogen-bond donors (Lipinski definition) is 0. The molecule has 1 aromatic rings. The van der Waals surface area contributed by atoms with Crippen molar-refractivity contribution >= 4 is 105 Å². The molecule has 382 valence electrons. The first-order valence-electron chi connectivity index (χ1n) is 22.7. The number of benzene rings is 1. The van der Waals surface area contributed by atoms with Crippen LogP contribution < -0.4 is 0 Å². The Kier molecular flexibility index (Phi) is 14.4. The average Bonchev–Trinajstić information content (AvgIpc) is 4.10. The van der Waals surface area contributed by atoms with Crippen LogP contribution in [0.4, 0.5) is 0 Å². The largest absolute Gasteiger partial charge is 0.386 e. The van der Waals surface area contributed by atoms with Gasteiger partial charge >= 0.3 is 71.6 Å². The van der Waals surface area contributed by atoms with Gasteiger partial charge in [0.15, 0.2) is 0 Å². The Morgan fingerprint density at radius 1 is 0.276 bits per heavy atom. The van der Waals surface area contributed by atoms with Crippen molar-refractivity contribution in [2.75, 3.05) is 0 Å². The minimum atomic E-state index is -1.10. The van der Waals surface area contributed by atoms with E-state index in [1.807, 2.05) is 0 Å². The molecule has 6 heterocycles. The predicted octanol–water partition coefficient (Wildman–Crippen LogP) is 7.17. The lowest BCUT2D eigenvalue weighted by molar-refractivity contribution is -0.152. The summed E-state index contributed by atoms with van der Waals surface area (Å²) in [5, 5.41) is 0. The molecule has 0 spiro atoms. The highest BCUT2D eigenvalue weighted by molar-refractivity contribution is 6.21. The average molecular weight is 1030 g/mol. The van der Waals surface area contributed by atoms with Gasteiger partial charge in [0, 0.05) is 22.3 Å². The molecule has 0 bridgehead atoms. The quantitative estimate of drug-likeness (QED) is 0.0687. The summed E-state index contributed by atoms with van der Waals surface area (Å²) in [6, 6.07) is 0. The third-order valence-electron chi connectivity index (χ3n) is 12.8. The highest BCUT2D eigenvalue weighted by Crippen LogP contribution is 2.50. The maximum Gasteiger partial charge on any atom is 0.346 e. The molecule has 0 aromatic heterocycles. The molecule has 76 heavy (non-hydrogen) atoms. The molecule has 0 N–H and O–H groups in total. The normalized spacial score (nSPS) is 19.3. The zero-order chi connectivity index (χ0) is 56.1. The molecule has 0 fully saturated rings. The van der Waals surface area contributed by atoms with Crippen molar-refractivity contribution in [3.05, 3.63) is 187 Å². The van der Waals surface area contributed by atoms with Gasteiger partial charge in [-0.1, -0.05) is 50.6 Å². The Balaban J connectivity index is 1.92. The van der Waals surface area contributed by atoms with Crippen LogP contribution in [-0.4, -0.2) is 71.6 Å². The summed E-state index contributed by atoms with van der Waals surface area (Å²) in [4.78, 5) is 159. The zero-order valence-corrected chi connectivity index (χ0v) is 42.0. The lowest BCUT2D eigenvalue weighted by Crippen LogP contribution is -2.13. The number of carbonyl (C=O) groups is 12. The van der Waals surface area contributed by atoms with Crippen LogP contribution in [0, 0.1) is 0 Å². The number of esters is 12. The van der Waals surface area contributed by atoms with Crippen LogP contribution in [0.25, 0.3) is 33.4 Å². The first-order valence-corrected chi connectivity index (χ1v) is 22.7.